The van der Waals surface area contributed by atoms with Gasteiger partial charge < -0.3 is 4.90 Å². The van der Waals surface area contributed by atoms with E-state index in [-0.39, 0.29) is 18.1 Å². The van der Waals surface area contributed by atoms with Gasteiger partial charge in [-0.2, -0.15) is 5.26 Å². The van der Waals surface area contributed by atoms with Crippen LogP contribution in [-0.4, -0.2) is 23.4 Å². The number of carbonyl (C=O) groups excluding carboxylic acids is 1. The largest absolute Gasteiger partial charge is 0.344 e. The number of thioether (sulfide) groups is 1. The first-order chi connectivity index (χ1) is 13.1. The quantitative estimate of drug-likeness (QED) is 0.778. The molecule has 0 aromatic heterocycles. The highest BCUT2D eigenvalue weighted by Gasteiger charge is 2.39. The molecular formula is C21H18FN3OS. The molecule has 4 nitrogen and oxygen atoms in total. The van der Waals surface area contributed by atoms with Gasteiger partial charge in [0.2, 0.25) is 5.91 Å². The number of nitrogens with zero attached hydrogens (tertiary/aromatic N) is 3. The van der Waals surface area contributed by atoms with Crippen molar-refractivity contribution in [1.29, 1.82) is 5.26 Å². The first kappa shape index (κ1) is 17.6. The van der Waals surface area contributed by atoms with E-state index in [1.54, 1.807) is 23.1 Å². The molecule has 1 saturated heterocycles. The van der Waals surface area contributed by atoms with Crippen LogP contribution in [0.25, 0.3) is 0 Å². The summed E-state index contributed by atoms with van der Waals surface area (Å²) >= 11 is 1.46. The number of allylic oxidation sites excluding steroid dienone is 1. The highest BCUT2D eigenvalue weighted by Crippen LogP contribution is 2.43. The zero-order valence-corrected chi connectivity index (χ0v) is 15.7. The Labute approximate surface area is 161 Å². The van der Waals surface area contributed by atoms with Gasteiger partial charge in [0.05, 0.1) is 29.2 Å². The number of halogens is 1. The molecule has 1 atom stereocenters. The van der Waals surface area contributed by atoms with Crippen molar-refractivity contribution in [3.63, 3.8) is 0 Å². The molecule has 0 aliphatic carbocycles. The second kappa shape index (κ2) is 7.09. The number of nitriles is 1. The minimum atomic E-state index is -0.520. The van der Waals surface area contributed by atoms with E-state index in [1.807, 2.05) is 25.1 Å². The molecule has 6 heteroatoms. The molecule has 0 unspecified atom stereocenters. The lowest BCUT2D eigenvalue weighted by Gasteiger charge is -2.42. The smallest absolute Gasteiger partial charge is 0.229 e. The maximum Gasteiger partial charge on any atom is 0.229 e. The average molecular weight is 379 g/mol. The second-order valence-corrected chi connectivity index (χ2v) is 7.66. The molecule has 0 spiro atoms. The maximum atomic E-state index is 14.3. The first-order valence-electron chi connectivity index (χ1n) is 8.72. The van der Waals surface area contributed by atoms with Crippen molar-refractivity contribution in [3.05, 3.63) is 76.1 Å². The van der Waals surface area contributed by atoms with Gasteiger partial charge in [-0.05, 0) is 36.2 Å². The topological polar surface area (TPSA) is 47.3 Å². The molecule has 27 heavy (non-hydrogen) atoms. The monoisotopic (exact) mass is 379 g/mol. The molecule has 0 radical (unpaired) electrons. The number of amides is 1. The highest BCUT2D eigenvalue weighted by atomic mass is 32.2. The Morgan fingerprint density at radius 2 is 2.04 bits per heavy atom. The van der Waals surface area contributed by atoms with E-state index >= 15 is 0 Å². The molecule has 2 aromatic rings. The van der Waals surface area contributed by atoms with Crippen molar-refractivity contribution in [1.82, 2.24) is 4.90 Å². The zero-order valence-electron chi connectivity index (χ0n) is 14.9. The fraction of sp³-hybridized carbons (Fsp3) is 0.238. The zero-order chi connectivity index (χ0) is 19.0. The predicted molar refractivity (Wildman–Crippen MR) is 104 cm³/mol. The third-order valence-electron chi connectivity index (χ3n) is 4.94. The Bertz CT molecular complexity index is 981. The van der Waals surface area contributed by atoms with Crippen molar-refractivity contribution in [3.8, 4) is 6.07 Å². The van der Waals surface area contributed by atoms with E-state index in [1.165, 1.54) is 17.8 Å². The van der Waals surface area contributed by atoms with Crippen molar-refractivity contribution in [2.45, 2.75) is 19.3 Å². The van der Waals surface area contributed by atoms with Crippen LogP contribution in [0, 0.1) is 24.1 Å². The minimum Gasteiger partial charge on any atom is -0.344 e. The number of hydrogen-bond acceptors (Lipinski definition) is 4. The number of aryl methyl sites for hydroxylation is 1. The molecular weight excluding hydrogens is 361 g/mol. The fourth-order valence-corrected chi connectivity index (χ4v) is 4.74. The van der Waals surface area contributed by atoms with Gasteiger partial charge in [0.1, 0.15) is 5.82 Å². The van der Waals surface area contributed by atoms with Crippen LogP contribution in [0.5, 0.6) is 0 Å². The molecule has 2 heterocycles. The van der Waals surface area contributed by atoms with Gasteiger partial charge in [-0.25, -0.2) is 4.39 Å². The number of rotatable bonds is 2. The van der Waals surface area contributed by atoms with E-state index in [2.05, 4.69) is 17.0 Å². The summed E-state index contributed by atoms with van der Waals surface area (Å²) < 4.78 is 14.3. The summed E-state index contributed by atoms with van der Waals surface area (Å²) in [6.45, 7) is 2.44. The molecule has 1 amide bonds. The minimum absolute atomic E-state index is 0.0814. The van der Waals surface area contributed by atoms with Gasteiger partial charge >= 0.3 is 0 Å². The molecule has 0 saturated carbocycles. The van der Waals surface area contributed by atoms with Crippen LogP contribution < -0.4 is 4.90 Å². The highest BCUT2D eigenvalue weighted by molar-refractivity contribution is 8.03. The van der Waals surface area contributed by atoms with Crippen LogP contribution in [0.2, 0.25) is 0 Å². The summed E-state index contributed by atoms with van der Waals surface area (Å²) in [5.41, 5.74) is 3.09. The van der Waals surface area contributed by atoms with Crippen LogP contribution >= 0.6 is 11.8 Å². The third kappa shape index (κ3) is 3.19. The number of anilines is 1. The maximum absolute atomic E-state index is 14.3. The van der Waals surface area contributed by atoms with Crippen molar-refractivity contribution < 1.29 is 9.18 Å². The molecule has 4 rings (SSSR count). The van der Waals surface area contributed by atoms with Gasteiger partial charge in [-0.15, -0.1) is 0 Å². The lowest BCUT2D eigenvalue weighted by molar-refractivity contribution is -0.129. The van der Waals surface area contributed by atoms with E-state index in [9.17, 15) is 14.4 Å². The SMILES string of the molecule is Cc1cccc(N2CSC3=C(C#N)[C@H](c4ccccc4F)CC(=O)N3C2)c1. The molecule has 1 fully saturated rings. The Balaban J connectivity index is 1.69. The normalized spacial score (nSPS) is 19.7. The van der Waals surface area contributed by atoms with Crippen molar-refractivity contribution in [2.75, 3.05) is 17.4 Å². The number of benzene rings is 2. The molecule has 0 bridgehead atoms. The van der Waals surface area contributed by atoms with Gasteiger partial charge in [0.15, 0.2) is 0 Å². The van der Waals surface area contributed by atoms with Crippen LogP contribution in [0.3, 0.4) is 0 Å². The molecule has 2 aromatic carbocycles. The Morgan fingerprint density at radius 1 is 1.22 bits per heavy atom. The van der Waals surface area contributed by atoms with Crippen LogP contribution in [-0.2, 0) is 4.79 Å². The molecule has 0 N–H and O–H groups in total. The summed E-state index contributed by atoms with van der Waals surface area (Å²) in [5, 5.41) is 10.4. The van der Waals surface area contributed by atoms with Gasteiger partial charge in [0.25, 0.3) is 0 Å². The third-order valence-corrected chi connectivity index (χ3v) is 6.10. The van der Waals surface area contributed by atoms with E-state index < -0.39 is 5.92 Å². The molecule has 2 aliphatic rings. The lowest BCUT2D eigenvalue weighted by Crippen LogP contribution is -2.47. The Hall–Kier alpha value is -2.78. The van der Waals surface area contributed by atoms with E-state index in [0.29, 0.717) is 28.7 Å². The molecule has 2 aliphatic heterocycles. The average Bonchev–Trinajstić information content (AvgIpc) is 2.68. The number of hydrogen-bond donors (Lipinski definition) is 0. The summed E-state index contributed by atoms with van der Waals surface area (Å²) in [4.78, 5) is 16.6. The summed E-state index contributed by atoms with van der Waals surface area (Å²) in [6, 6.07) is 16.8. The summed E-state index contributed by atoms with van der Waals surface area (Å²) in [6.07, 6.45) is 0.107. The first-order valence-corrected chi connectivity index (χ1v) is 9.70. The standard InChI is InChI=1S/C21H18FN3OS/c1-14-5-4-6-15(9-14)24-12-25-20(26)10-17(16-7-2-3-8-19(16)22)18(11-23)21(25)27-13-24/h2-9,17H,10,12-13H2,1H3/t17-/m0/s1. The number of carbonyl (C=O) groups is 1. The number of fused-ring (bicyclic) bond motifs is 1. The van der Waals surface area contributed by atoms with Gasteiger partial charge in [-0.1, -0.05) is 42.1 Å². The fourth-order valence-electron chi connectivity index (χ4n) is 3.57. The Morgan fingerprint density at radius 3 is 2.78 bits per heavy atom. The molecule has 136 valence electrons. The van der Waals surface area contributed by atoms with Crippen LogP contribution in [0.1, 0.15) is 23.5 Å². The van der Waals surface area contributed by atoms with Crippen LogP contribution in [0.15, 0.2) is 59.1 Å². The van der Waals surface area contributed by atoms with Crippen molar-refractivity contribution >= 4 is 23.4 Å². The van der Waals surface area contributed by atoms with Gasteiger partial charge in [-0.3, -0.25) is 9.69 Å². The van der Waals surface area contributed by atoms with E-state index in [0.717, 1.165) is 11.3 Å². The van der Waals surface area contributed by atoms with Crippen LogP contribution in [0.4, 0.5) is 10.1 Å². The summed E-state index contributed by atoms with van der Waals surface area (Å²) in [5.74, 6) is -0.341. The predicted octanol–water partition coefficient (Wildman–Crippen LogP) is 4.35. The van der Waals surface area contributed by atoms with E-state index in [4.69, 9.17) is 0 Å². The lowest BCUT2D eigenvalue weighted by atomic mass is 9.86. The van der Waals surface area contributed by atoms with Gasteiger partial charge in [0, 0.05) is 18.0 Å². The van der Waals surface area contributed by atoms with Crippen molar-refractivity contribution in [2.24, 2.45) is 0 Å². The Kier molecular flexibility index (Phi) is 4.63. The second-order valence-electron chi connectivity index (χ2n) is 6.72. The summed E-state index contributed by atoms with van der Waals surface area (Å²) in [7, 11) is 0.